The zero-order valence-corrected chi connectivity index (χ0v) is 95.7. The van der Waals surface area contributed by atoms with E-state index in [1.165, 1.54) is 0 Å². The zero-order chi connectivity index (χ0) is 97.9. The summed E-state index contributed by atoms with van der Waals surface area (Å²) in [5, 5.41) is 1.28. The van der Waals surface area contributed by atoms with Gasteiger partial charge < -0.3 is 19.9 Å². The number of fused-ring (bicyclic) bond motifs is 16. The monoisotopic (exact) mass is 2690 g/mol. The number of nitrogens with zero attached hydrogens (tertiary/aromatic N) is 6. The molecule has 0 fully saturated rings. The average Bonchev–Trinajstić information content (AvgIpc) is 1.57. The van der Waals surface area contributed by atoms with Crippen LogP contribution in [0.15, 0.2) is 146 Å². The first-order chi connectivity index (χ1) is 64.0. The summed E-state index contributed by atoms with van der Waals surface area (Å²) >= 11 is 226. The van der Waals surface area contributed by atoms with Crippen LogP contribution < -0.4 is 9.97 Å². The summed E-state index contributed by atoms with van der Waals surface area (Å²) in [6.45, 7) is 0. The van der Waals surface area contributed by atoms with Crippen molar-refractivity contribution in [2.75, 3.05) is 0 Å². The van der Waals surface area contributed by atoms with Gasteiger partial charge in [0.25, 0.3) is 0 Å². The van der Waals surface area contributed by atoms with E-state index in [0.717, 1.165) is 0 Å². The van der Waals surface area contributed by atoms with Crippen molar-refractivity contribution >= 4 is 504 Å². The van der Waals surface area contributed by atoms with Crippen molar-refractivity contribution in [1.82, 2.24) is 39.9 Å². The van der Waals surface area contributed by atoms with E-state index in [0.29, 0.717) is 0 Å². The molecule has 693 valence electrons. The second kappa shape index (κ2) is 44.9. The number of aromatic nitrogens is 8. The molecule has 4 aliphatic rings. The third kappa shape index (κ3) is 20.3. The van der Waals surface area contributed by atoms with Crippen molar-refractivity contribution in [1.29, 1.82) is 0 Å². The first-order valence-corrected chi connectivity index (χ1v) is 59.6. The number of aromatic amines is 2. The molecule has 0 aliphatic carbocycles. The van der Waals surface area contributed by atoms with Crippen LogP contribution >= 0.6 is 420 Å². The SMILES string of the molecule is ClC1=C(Cl)c2nc1c(-c1c(Cl)cccc1Cl)c1[n-]c(c(Cl)c1Cl)c(-c1c(Cl)cccc1Cl)c1nc(c(-c3c(Cl)cccc3Cl)c3[n-]c(c(Cl)c3Cl)c2-c2c(Cl)cccc2Cl)C(Cl)=C1Cl.ClC1=C(Cl)c2nc1c(-c1c(Cl)cccc1Cl)c1[nH]c(c(Cl)c1Cl)c(-c1c(Cl)cccc1Cl)c1nc(c(-c3c(Cl)cccc3Cl)c3[nH]c(c(Cl)c3Cl)c2-c2c(Cl)cccc2Cl)C(Cl)=C1Cl.[Cl][Ru+2][Cl].[Cl][Ru]([Cl])[Cl]. The van der Waals surface area contributed by atoms with Crippen molar-refractivity contribution in [3.8, 4) is 89.0 Å². The molecule has 8 nitrogen and oxygen atoms in total. The molecule has 0 saturated carbocycles. The van der Waals surface area contributed by atoms with Gasteiger partial charge in [0, 0.05) is 127 Å². The van der Waals surface area contributed by atoms with Crippen LogP contribution in [0.1, 0.15) is 45.6 Å². The van der Waals surface area contributed by atoms with Crippen molar-refractivity contribution < 1.29 is 28.1 Å². The van der Waals surface area contributed by atoms with E-state index >= 15 is 0 Å². The standard InChI is InChI=1S/C44H14Cl16N4.C44H12Cl16N4.5ClH.2Ru/c2*45-13-5-1-6-14(46)21(13)25-37-29(53)31(55)39(61-37)26(22-15(47)7-2-8-16(22)48)41-33(57)35(59)43(63-41)28(24-19(51)11-4-12-20(24)52)44-36(60)34(58)42(64-44)27(23-17(49)9-3-10-18(23)50)40-32(56)30(54)38(25)62-40;;;;;;;/h1-12,61,64H;1-12H;5*1H;;/q;-2;;;;;;+3;+4/p-5. The van der Waals surface area contributed by atoms with Crippen LogP contribution in [0.5, 0.6) is 0 Å². The van der Waals surface area contributed by atoms with E-state index in [1.54, 1.807) is 146 Å². The molecule has 6 aromatic heterocycles. The van der Waals surface area contributed by atoms with E-state index in [1.807, 2.05) is 0 Å². The Balaban J connectivity index is 0.000000192. The van der Waals surface area contributed by atoms with E-state index in [-0.39, 0.29) is 355 Å². The third-order valence-electron chi connectivity index (χ3n) is 20.3. The van der Waals surface area contributed by atoms with Crippen LogP contribution in [0.4, 0.5) is 0 Å². The summed E-state index contributed by atoms with van der Waals surface area (Å²) in [6, 6.07) is 39.0. The quantitative estimate of drug-likeness (QED) is 0.147. The van der Waals surface area contributed by atoms with Crippen LogP contribution in [0.25, 0.3) is 173 Å². The Labute approximate surface area is 959 Å². The van der Waals surface area contributed by atoms with Gasteiger partial charge in [0.1, 0.15) is 0 Å². The van der Waals surface area contributed by atoms with Gasteiger partial charge in [-0.1, -0.05) is 420 Å². The molecule has 18 rings (SSSR count). The van der Waals surface area contributed by atoms with Gasteiger partial charge in [-0.3, -0.25) is 0 Å². The van der Waals surface area contributed by atoms with Crippen molar-refractivity contribution in [2.45, 2.75) is 0 Å². The number of hydrogen-bond acceptors (Lipinski definition) is 4. The third-order valence-corrected chi connectivity index (χ3v) is 32.0. The minimum atomic E-state index is -1.75. The van der Waals surface area contributed by atoms with E-state index in [9.17, 15) is 0 Å². The minimum absolute atomic E-state index is 0.0109. The molecule has 135 heavy (non-hydrogen) atoms. The summed E-state index contributed by atoms with van der Waals surface area (Å²) in [5.74, 6) is 0. The Kier molecular flexibility index (Phi) is 36.0. The Morgan fingerprint density at radius 2 is 0.296 bits per heavy atom. The normalized spacial score (nSPS) is 12.7. The number of benzene rings is 8. The van der Waals surface area contributed by atoms with E-state index in [4.69, 9.17) is 450 Å². The van der Waals surface area contributed by atoms with Crippen LogP contribution in [-0.2, 0) is 28.1 Å². The molecule has 10 heterocycles. The molecule has 0 atom stereocenters. The Morgan fingerprint density at radius 1 is 0.185 bits per heavy atom. The second-order valence-corrected chi connectivity index (χ2v) is 50.7. The van der Waals surface area contributed by atoms with E-state index in [2.05, 4.69) is 9.97 Å². The van der Waals surface area contributed by atoms with Gasteiger partial charge in [0.2, 0.25) is 0 Å². The molecule has 8 aromatic carbocycles. The molecule has 0 radical (unpaired) electrons. The van der Waals surface area contributed by atoms with Gasteiger partial charge in [0.05, 0.1) is 168 Å². The molecule has 14 aromatic rings. The van der Waals surface area contributed by atoms with Crippen molar-refractivity contribution in [3.05, 3.63) is 312 Å². The number of nitrogens with one attached hydrogen (secondary N) is 2. The number of halogens is 37. The molecule has 4 aliphatic heterocycles. The number of rotatable bonds is 8. The Hall–Kier alpha value is -1.06. The summed E-state index contributed by atoms with van der Waals surface area (Å²) in [5.41, 5.74) is 3.33. The summed E-state index contributed by atoms with van der Waals surface area (Å²) in [6.07, 6.45) is 0. The van der Waals surface area contributed by atoms with Gasteiger partial charge in [0.15, 0.2) is 0 Å². The fraction of sp³-hybridized carbons (Fsp3) is 0. The predicted molar refractivity (Wildman–Crippen MR) is 587 cm³/mol. The summed E-state index contributed by atoms with van der Waals surface area (Å²) in [7, 11) is 24.6. The van der Waals surface area contributed by atoms with Gasteiger partial charge in [-0.25, -0.2) is 19.9 Å². The molecular formula is C88H26Cl37N8Ru2. The van der Waals surface area contributed by atoms with Crippen LogP contribution in [0, 0.1) is 0 Å². The first-order valence-electron chi connectivity index (χ1n) is 36.4. The van der Waals surface area contributed by atoms with Crippen molar-refractivity contribution in [2.24, 2.45) is 0 Å². The molecule has 0 amide bonds. The molecule has 0 saturated heterocycles. The topological polar surface area (TPSA) is 111 Å². The fourth-order valence-corrected chi connectivity index (χ4v) is 23.2. The van der Waals surface area contributed by atoms with Gasteiger partial charge in [-0.05, 0) is 119 Å². The second-order valence-electron chi connectivity index (χ2n) is 27.6. The average molecular weight is 2710 g/mol. The molecule has 16 bridgehead atoms. The molecular weight excluding hydrogens is 2680 g/mol. The van der Waals surface area contributed by atoms with Crippen LogP contribution in [-0.4, -0.2) is 29.9 Å². The Bertz CT molecular complexity index is 6460. The van der Waals surface area contributed by atoms with Gasteiger partial charge in [-0.15, -0.1) is 22.1 Å². The molecule has 0 unspecified atom stereocenters. The fourth-order valence-electron chi connectivity index (χ4n) is 14.8. The maximum atomic E-state index is 7.31. The van der Waals surface area contributed by atoms with Crippen LogP contribution in [0.3, 0.4) is 0 Å². The van der Waals surface area contributed by atoms with Crippen LogP contribution in [0.2, 0.25) is 121 Å². The predicted octanol–water partition coefficient (Wildman–Crippen LogP) is 45.6. The molecule has 0 spiro atoms. The van der Waals surface area contributed by atoms with Crippen molar-refractivity contribution in [3.63, 3.8) is 0 Å². The molecule has 47 heteroatoms. The first kappa shape index (κ1) is 108. The Morgan fingerprint density at radius 3 is 0.422 bits per heavy atom. The molecule has 2 N–H and O–H groups in total. The maximum absolute atomic E-state index is 7.31. The summed E-state index contributed by atoms with van der Waals surface area (Å²) < 4.78 is 0. The van der Waals surface area contributed by atoms with Gasteiger partial charge in [-0.2, -0.15) is 0 Å². The number of H-pyrrole nitrogens is 2. The van der Waals surface area contributed by atoms with E-state index < -0.39 is 13.0 Å². The zero-order valence-electron chi connectivity index (χ0n) is 64.2. The number of hydrogen-bond donors (Lipinski definition) is 2. The summed E-state index contributed by atoms with van der Waals surface area (Å²) in [4.78, 5) is 37.2. The van der Waals surface area contributed by atoms with Gasteiger partial charge >= 0.3 is 76.6 Å².